The van der Waals surface area contributed by atoms with Crippen molar-refractivity contribution in [1.29, 1.82) is 0 Å². The first-order valence-corrected chi connectivity index (χ1v) is 10.2. The topological polar surface area (TPSA) is 95.6 Å². The van der Waals surface area contributed by atoms with E-state index in [9.17, 15) is 18.0 Å². The molecule has 2 amide bonds. The molecule has 27 heavy (non-hydrogen) atoms. The quantitative estimate of drug-likeness (QED) is 0.757. The number of carbonyl (C=O) groups is 2. The van der Waals surface area contributed by atoms with E-state index in [-0.39, 0.29) is 12.5 Å². The van der Waals surface area contributed by atoms with Gasteiger partial charge in [-0.25, -0.2) is 8.42 Å². The van der Waals surface area contributed by atoms with Crippen molar-refractivity contribution in [3.8, 4) is 0 Å². The molecule has 0 unspecified atom stereocenters. The van der Waals surface area contributed by atoms with Crippen LogP contribution in [0.1, 0.15) is 18.1 Å². The van der Waals surface area contributed by atoms with E-state index in [1.165, 1.54) is 13.0 Å². The van der Waals surface area contributed by atoms with Crippen molar-refractivity contribution >= 4 is 33.2 Å². The zero-order valence-corrected chi connectivity index (χ0v) is 16.3. The molecule has 0 aliphatic rings. The lowest BCUT2D eigenvalue weighted by Crippen LogP contribution is -2.40. The Bertz CT molecular complexity index is 941. The molecule has 0 fully saturated rings. The number of benzene rings is 2. The van der Waals surface area contributed by atoms with Crippen molar-refractivity contribution in [3.05, 3.63) is 59.7 Å². The van der Waals surface area contributed by atoms with Gasteiger partial charge in [0.05, 0.1) is 11.9 Å². The molecule has 0 aliphatic carbocycles. The summed E-state index contributed by atoms with van der Waals surface area (Å²) in [6, 6.07) is 14.0. The Morgan fingerprint density at radius 1 is 1.07 bits per heavy atom. The van der Waals surface area contributed by atoms with Gasteiger partial charge in [-0.2, -0.15) is 0 Å². The van der Waals surface area contributed by atoms with Crippen LogP contribution in [0, 0.1) is 6.92 Å². The molecule has 8 heteroatoms. The molecule has 2 aromatic rings. The molecular weight excluding hydrogens is 366 g/mol. The SMILES string of the molecule is CC(=O)Nc1cccc(N(CC(=O)NCc2ccccc2C)S(C)(=O)=O)c1. The van der Waals surface area contributed by atoms with Gasteiger partial charge in [-0.1, -0.05) is 30.3 Å². The molecule has 0 heterocycles. The van der Waals surface area contributed by atoms with E-state index in [0.29, 0.717) is 17.9 Å². The van der Waals surface area contributed by atoms with Crippen molar-refractivity contribution in [2.75, 3.05) is 22.4 Å². The average Bonchev–Trinajstić information content (AvgIpc) is 2.57. The van der Waals surface area contributed by atoms with Crippen LogP contribution >= 0.6 is 0 Å². The molecule has 0 radical (unpaired) electrons. The Kier molecular flexibility index (Phi) is 6.57. The minimum absolute atomic E-state index is 0.269. The van der Waals surface area contributed by atoms with Gasteiger partial charge >= 0.3 is 0 Å². The minimum atomic E-state index is -3.69. The van der Waals surface area contributed by atoms with Gasteiger partial charge in [-0.3, -0.25) is 13.9 Å². The summed E-state index contributed by atoms with van der Waals surface area (Å²) in [7, 11) is -3.69. The number of anilines is 2. The average molecular weight is 389 g/mol. The monoisotopic (exact) mass is 389 g/mol. The molecule has 0 bridgehead atoms. The summed E-state index contributed by atoms with van der Waals surface area (Å²) in [4.78, 5) is 23.5. The second-order valence-corrected chi connectivity index (χ2v) is 8.11. The van der Waals surface area contributed by atoms with Crippen molar-refractivity contribution < 1.29 is 18.0 Å². The zero-order chi connectivity index (χ0) is 20.0. The normalized spacial score (nSPS) is 10.9. The molecule has 7 nitrogen and oxygen atoms in total. The lowest BCUT2D eigenvalue weighted by Gasteiger charge is -2.22. The Hall–Kier alpha value is -2.87. The number of hydrogen-bond acceptors (Lipinski definition) is 4. The van der Waals surface area contributed by atoms with Crippen LogP contribution in [0.25, 0.3) is 0 Å². The number of nitrogens with one attached hydrogen (secondary N) is 2. The highest BCUT2D eigenvalue weighted by Crippen LogP contribution is 2.21. The third-order valence-corrected chi connectivity index (χ3v) is 5.02. The molecule has 0 aromatic heterocycles. The summed E-state index contributed by atoms with van der Waals surface area (Å²) < 4.78 is 25.4. The zero-order valence-electron chi connectivity index (χ0n) is 15.5. The first-order chi connectivity index (χ1) is 12.7. The predicted molar refractivity (Wildman–Crippen MR) is 106 cm³/mol. The van der Waals surface area contributed by atoms with Crippen LogP contribution in [-0.2, 0) is 26.2 Å². The number of rotatable bonds is 7. The number of hydrogen-bond donors (Lipinski definition) is 2. The van der Waals surface area contributed by atoms with Crippen LogP contribution < -0.4 is 14.9 Å². The highest BCUT2D eigenvalue weighted by molar-refractivity contribution is 7.92. The van der Waals surface area contributed by atoms with Crippen molar-refractivity contribution in [1.82, 2.24) is 5.32 Å². The van der Waals surface area contributed by atoms with Crippen LogP contribution in [0.15, 0.2) is 48.5 Å². The van der Waals surface area contributed by atoms with Gasteiger partial charge in [0.2, 0.25) is 21.8 Å². The molecule has 2 rings (SSSR count). The molecule has 0 saturated heterocycles. The third-order valence-electron chi connectivity index (χ3n) is 3.88. The summed E-state index contributed by atoms with van der Waals surface area (Å²) in [5.41, 5.74) is 2.76. The molecular formula is C19H23N3O4S. The largest absolute Gasteiger partial charge is 0.350 e. The van der Waals surface area contributed by atoms with E-state index in [2.05, 4.69) is 10.6 Å². The van der Waals surface area contributed by atoms with Crippen LogP contribution in [0.5, 0.6) is 0 Å². The fraction of sp³-hybridized carbons (Fsp3) is 0.263. The van der Waals surface area contributed by atoms with Crippen LogP contribution in [0.3, 0.4) is 0 Å². The second-order valence-electron chi connectivity index (χ2n) is 6.20. The molecule has 0 spiro atoms. The van der Waals surface area contributed by atoms with E-state index >= 15 is 0 Å². The summed E-state index contributed by atoms with van der Waals surface area (Å²) >= 11 is 0. The smallest absolute Gasteiger partial charge is 0.241 e. The maximum Gasteiger partial charge on any atom is 0.241 e. The Morgan fingerprint density at radius 2 is 1.78 bits per heavy atom. The summed E-state index contributed by atoms with van der Waals surface area (Å²) in [6.07, 6.45) is 1.03. The first kappa shape index (κ1) is 20.4. The first-order valence-electron chi connectivity index (χ1n) is 8.33. The van der Waals surface area contributed by atoms with Crippen molar-refractivity contribution in [2.45, 2.75) is 20.4 Å². The van der Waals surface area contributed by atoms with Gasteiger partial charge in [0.25, 0.3) is 0 Å². The summed E-state index contributed by atoms with van der Waals surface area (Å²) in [5, 5.41) is 5.34. The standard InChI is InChI=1S/C19H23N3O4S/c1-14-7-4-5-8-16(14)12-20-19(24)13-22(27(3,25)26)18-10-6-9-17(11-18)21-15(2)23/h4-11H,12-13H2,1-3H3,(H,20,24)(H,21,23). The maximum absolute atomic E-state index is 12.3. The molecule has 0 aliphatic heterocycles. The van der Waals surface area contributed by atoms with Crippen molar-refractivity contribution in [2.24, 2.45) is 0 Å². The summed E-state index contributed by atoms with van der Waals surface area (Å²) in [6.45, 7) is 3.26. The van der Waals surface area contributed by atoms with E-state index in [1.807, 2.05) is 31.2 Å². The molecule has 2 N–H and O–H groups in total. The highest BCUT2D eigenvalue weighted by Gasteiger charge is 2.21. The van der Waals surface area contributed by atoms with Gasteiger partial charge in [0, 0.05) is 19.2 Å². The number of carbonyl (C=O) groups excluding carboxylic acids is 2. The predicted octanol–water partition coefficient (Wildman–Crippen LogP) is 2.04. The van der Waals surface area contributed by atoms with Crippen molar-refractivity contribution in [3.63, 3.8) is 0 Å². The van der Waals surface area contributed by atoms with Gasteiger partial charge in [-0.15, -0.1) is 0 Å². The highest BCUT2D eigenvalue weighted by atomic mass is 32.2. The fourth-order valence-corrected chi connectivity index (χ4v) is 3.38. The number of sulfonamides is 1. The Labute approximate surface area is 159 Å². The number of aryl methyl sites for hydroxylation is 1. The van der Waals surface area contributed by atoms with Crippen LogP contribution in [0.4, 0.5) is 11.4 Å². The Morgan fingerprint density at radius 3 is 2.41 bits per heavy atom. The Balaban J connectivity index is 2.14. The lowest BCUT2D eigenvalue weighted by atomic mass is 10.1. The van der Waals surface area contributed by atoms with Crippen LogP contribution in [0.2, 0.25) is 0 Å². The third kappa shape index (κ3) is 6.10. The lowest BCUT2D eigenvalue weighted by molar-refractivity contribution is -0.119. The van der Waals surface area contributed by atoms with E-state index in [1.54, 1.807) is 18.2 Å². The van der Waals surface area contributed by atoms with E-state index in [4.69, 9.17) is 0 Å². The molecule has 144 valence electrons. The van der Waals surface area contributed by atoms with Gasteiger partial charge in [-0.05, 0) is 36.2 Å². The van der Waals surface area contributed by atoms with Gasteiger partial charge < -0.3 is 10.6 Å². The molecule has 2 aromatic carbocycles. The van der Waals surface area contributed by atoms with Gasteiger partial charge in [0.1, 0.15) is 6.54 Å². The number of nitrogens with zero attached hydrogens (tertiary/aromatic N) is 1. The minimum Gasteiger partial charge on any atom is -0.350 e. The second kappa shape index (κ2) is 8.68. The van der Waals surface area contributed by atoms with Gasteiger partial charge in [0.15, 0.2) is 0 Å². The van der Waals surface area contributed by atoms with Crippen LogP contribution in [-0.4, -0.2) is 33.0 Å². The van der Waals surface area contributed by atoms with E-state index in [0.717, 1.165) is 21.7 Å². The maximum atomic E-state index is 12.3. The fourth-order valence-electron chi connectivity index (χ4n) is 2.53. The molecule has 0 atom stereocenters. The number of amides is 2. The van der Waals surface area contributed by atoms with E-state index < -0.39 is 15.9 Å². The summed E-state index contributed by atoms with van der Waals surface area (Å²) in [5.74, 6) is -0.692. The molecule has 0 saturated carbocycles.